The molecule has 22 heavy (non-hydrogen) atoms. The molecule has 0 aliphatic rings. The van der Waals surface area contributed by atoms with E-state index in [1.807, 2.05) is 36.4 Å². The lowest BCUT2D eigenvalue weighted by Crippen LogP contribution is -1.97. The molecule has 0 fully saturated rings. The van der Waals surface area contributed by atoms with E-state index in [1.165, 1.54) is 23.8 Å². The first-order valence-corrected chi connectivity index (χ1v) is 6.97. The number of nitrogens with zero attached hydrogens (tertiary/aromatic N) is 4. The zero-order valence-electron chi connectivity index (χ0n) is 12.3. The fraction of sp³-hybridized carbons (Fsp3) is 0.118. The third-order valence-electron chi connectivity index (χ3n) is 3.28. The van der Waals surface area contributed by atoms with E-state index in [2.05, 4.69) is 34.4 Å². The predicted molar refractivity (Wildman–Crippen MR) is 85.0 cm³/mol. The molecule has 0 spiro atoms. The number of benzene rings is 2. The van der Waals surface area contributed by atoms with Gasteiger partial charge in [-0.2, -0.15) is 5.10 Å². The van der Waals surface area contributed by atoms with Crippen LogP contribution in [-0.2, 0) is 6.61 Å². The van der Waals surface area contributed by atoms with E-state index >= 15 is 0 Å². The highest BCUT2D eigenvalue weighted by Crippen LogP contribution is 2.15. The van der Waals surface area contributed by atoms with Crippen LogP contribution < -0.4 is 4.74 Å². The molecule has 110 valence electrons. The summed E-state index contributed by atoms with van der Waals surface area (Å²) in [7, 11) is 0. The molecule has 0 aliphatic carbocycles. The highest BCUT2D eigenvalue weighted by atomic mass is 16.5. The molecule has 5 heteroatoms. The Labute approximate surface area is 128 Å². The first kappa shape index (κ1) is 14.0. The van der Waals surface area contributed by atoms with E-state index < -0.39 is 0 Å². The molecular weight excluding hydrogens is 276 g/mol. The van der Waals surface area contributed by atoms with Gasteiger partial charge in [-0.15, -0.1) is 10.2 Å². The summed E-state index contributed by atoms with van der Waals surface area (Å²) in [6.45, 7) is 2.66. The highest BCUT2D eigenvalue weighted by Gasteiger charge is 1.99. The zero-order chi connectivity index (χ0) is 15.2. The Morgan fingerprint density at radius 2 is 1.77 bits per heavy atom. The van der Waals surface area contributed by atoms with Crippen molar-refractivity contribution in [2.24, 2.45) is 5.10 Å². The zero-order valence-corrected chi connectivity index (χ0v) is 12.3. The van der Waals surface area contributed by atoms with Crippen molar-refractivity contribution < 1.29 is 4.74 Å². The van der Waals surface area contributed by atoms with Crippen LogP contribution in [-0.4, -0.2) is 21.1 Å². The SMILES string of the molecule is Cc1ccccc1COc1ccc(/C=N\n2cnnc2)cc1. The van der Waals surface area contributed by atoms with Gasteiger partial charge in [-0.25, -0.2) is 4.68 Å². The molecule has 0 amide bonds. The number of aromatic nitrogens is 3. The standard InChI is InChI=1S/C17H16N4O/c1-14-4-2-3-5-16(14)11-22-17-8-6-15(7-9-17)10-20-21-12-18-19-13-21/h2-10,12-13H,11H2,1H3/b20-10-. The number of hydrogen-bond acceptors (Lipinski definition) is 4. The third kappa shape index (κ3) is 3.58. The second kappa shape index (κ2) is 6.67. The van der Waals surface area contributed by atoms with Gasteiger partial charge in [-0.3, -0.25) is 0 Å². The van der Waals surface area contributed by atoms with Gasteiger partial charge in [0.25, 0.3) is 0 Å². The molecule has 3 aromatic rings. The molecule has 2 aromatic carbocycles. The Bertz CT molecular complexity index is 749. The highest BCUT2D eigenvalue weighted by molar-refractivity contribution is 5.79. The van der Waals surface area contributed by atoms with Crippen molar-refractivity contribution in [1.29, 1.82) is 0 Å². The van der Waals surface area contributed by atoms with Crippen LogP contribution in [0.1, 0.15) is 16.7 Å². The third-order valence-corrected chi connectivity index (χ3v) is 3.28. The lowest BCUT2D eigenvalue weighted by atomic mass is 10.1. The summed E-state index contributed by atoms with van der Waals surface area (Å²) in [4.78, 5) is 0. The molecule has 0 saturated heterocycles. The predicted octanol–water partition coefficient (Wildman–Crippen LogP) is 3.05. The summed E-state index contributed by atoms with van der Waals surface area (Å²) in [5, 5.41) is 11.6. The van der Waals surface area contributed by atoms with Crippen LogP contribution >= 0.6 is 0 Å². The van der Waals surface area contributed by atoms with Crippen LogP contribution in [0.4, 0.5) is 0 Å². The molecule has 1 heterocycles. The van der Waals surface area contributed by atoms with E-state index in [9.17, 15) is 0 Å². The molecular formula is C17H16N4O. The number of hydrogen-bond donors (Lipinski definition) is 0. The van der Waals surface area contributed by atoms with Gasteiger partial charge >= 0.3 is 0 Å². The molecule has 3 rings (SSSR count). The summed E-state index contributed by atoms with van der Waals surface area (Å²) >= 11 is 0. The molecule has 0 unspecified atom stereocenters. The Hall–Kier alpha value is -2.95. The second-order valence-corrected chi connectivity index (χ2v) is 4.87. The van der Waals surface area contributed by atoms with Gasteiger partial charge in [0.2, 0.25) is 0 Å². The maximum Gasteiger partial charge on any atom is 0.141 e. The normalized spacial score (nSPS) is 11.0. The van der Waals surface area contributed by atoms with Crippen molar-refractivity contribution in [3.8, 4) is 5.75 Å². The number of ether oxygens (including phenoxy) is 1. The van der Waals surface area contributed by atoms with Crippen LogP contribution in [0.15, 0.2) is 66.3 Å². The van der Waals surface area contributed by atoms with Crippen LogP contribution in [0, 0.1) is 6.92 Å². The lowest BCUT2D eigenvalue weighted by Gasteiger charge is -2.08. The van der Waals surface area contributed by atoms with Crippen LogP contribution in [0.25, 0.3) is 0 Å². The number of rotatable bonds is 5. The first-order chi connectivity index (χ1) is 10.8. The molecule has 0 N–H and O–H groups in total. The molecule has 5 nitrogen and oxygen atoms in total. The number of aryl methyl sites for hydroxylation is 1. The first-order valence-electron chi connectivity index (χ1n) is 6.97. The second-order valence-electron chi connectivity index (χ2n) is 4.87. The van der Waals surface area contributed by atoms with Crippen LogP contribution in [0.5, 0.6) is 5.75 Å². The Kier molecular flexibility index (Phi) is 4.25. The molecule has 1 aromatic heterocycles. The fourth-order valence-corrected chi connectivity index (χ4v) is 1.97. The van der Waals surface area contributed by atoms with Gasteiger partial charge in [0.15, 0.2) is 0 Å². The fourth-order valence-electron chi connectivity index (χ4n) is 1.97. The minimum absolute atomic E-state index is 0.570. The van der Waals surface area contributed by atoms with Gasteiger partial charge in [-0.05, 0) is 47.9 Å². The van der Waals surface area contributed by atoms with E-state index in [0.29, 0.717) is 6.61 Å². The summed E-state index contributed by atoms with van der Waals surface area (Å²) in [6.07, 6.45) is 4.82. The van der Waals surface area contributed by atoms with Crippen LogP contribution in [0.2, 0.25) is 0 Å². The van der Waals surface area contributed by atoms with Crippen molar-refractivity contribution in [3.05, 3.63) is 77.9 Å². The molecule has 0 atom stereocenters. The Morgan fingerprint density at radius 3 is 2.50 bits per heavy atom. The van der Waals surface area contributed by atoms with Crippen molar-refractivity contribution in [1.82, 2.24) is 14.9 Å². The Morgan fingerprint density at radius 1 is 1.05 bits per heavy atom. The average Bonchev–Trinajstić information content (AvgIpc) is 3.07. The summed E-state index contributed by atoms with van der Waals surface area (Å²) in [5.74, 6) is 0.838. The maximum absolute atomic E-state index is 5.81. The van der Waals surface area contributed by atoms with Gasteiger partial charge in [0.1, 0.15) is 25.0 Å². The summed E-state index contributed by atoms with van der Waals surface area (Å²) < 4.78 is 7.35. The topological polar surface area (TPSA) is 52.3 Å². The monoisotopic (exact) mass is 292 g/mol. The minimum Gasteiger partial charge on any atom is -0.489 e. The average molecular weight is 292 g/mol. The smallest absolute Gasteiger partial charge is 0.141 e. The van der Waals surface area contributed by atoms with E-state index in [-0.39, 0.29) is 0 Å². The molecule has 0 bridgehead atoms. The van der Waals surface area contributed by atoms with Crippen LogP contribution in [0.3, 0.4) is 0 Å². The molecule has 0 aliphatic heterocycles. The lowest BCUT2D eigenvalue weighted by molar-refractivity contribution is 0.305. The van der Waals surface area contributed by atoms with Gasteiger partial charge in [0.05, 0.1) is 6.21 Å². The van der Waals surface area contributed by atoms with E-state index in [4.69, 9.17) is 4.74 Å². The van der Waals surface area contributed by atoms with Gasteiger partial charge < -0.3 is 4.74 Å². The van der Waals surface area contributed by atoms with E-state index in [1.54, 1.807) is 10.9 Å². The maximum atomic E-state index is 5.81. The van der Waals surface area contributed by atoms with Gasteiger partial charge in [0, 0.05) is 0 Å². The summed E-state index contributed by atoms with van der Waals surface area (Å²) in [6, 6.07) is 16.0. The molecule has 0 saturated carbocycles. The Balaban J connectivity index is 1.61. The quantitative estimate of drug-likeness (QED) is 0.679. The van der Waals surface area contributed by atoms with Crippen molar-refractivity contribution in [2.75, 3.05) is 0 Å². The minimum atomic E-state index is 0.570. The largest absolute Gasteiger partial charge is 0.489 e. The van der Waals surface area contributed by atoms with Gasteiger partial charge in [-0.1, -0.05) is 24.3 Å². The van der Waals surface area contributed by atoms with E-state index in [0.717, 1.165) is 11.3 Å². The van der Waals surface area contributed by atoms with Crippen molar-refractivity contribution in [3.63, 3.8) is 0 Å². The van der Waals surface area contributed by atoms with Crippen molar-refractivity contribution in [2.45, 2.75) is 13.5 Å². The summed E-state index contributed by atoms with van der Waals surface area (Å²) in [5.41, 5.74) is 3.41. The van der Waals surface area contributed by atoms with Crippen molar-refractivity contribution >= 4 is 6.21 Å². The molecule has 0 radical (unpaired) electrons.